The summed E-state index contributed by atoms with van der Waals surface area (Å²) in [4.78, 5) is 14.6. The van der Waals surface area contributed by atoms with Crippen LogP contribution in [0.4, 0.5) is 0 Å². The average molecular weight is 260 g/mol. The molecule has 3 nitrogen and oxygen atoms in total. The van der Waals surface area contributed by atoms with Crippen molar-refractivity contribution in [3.63, 3.8) is 0 Å². The maximum Gasteiger partial charge on any atom is 0.165 e. The summed E-state index contributed by atoms with van der Waals surface area (Å²) in [6.07, 6.45) is 6.41. The fourth-order valence-electron chi connectivity index (χ4n) is 3.61. The van der Waals surface area contributed by atoms with Crippen LogP contribution in [0.1, 0.15) is 49.2 Å². The molecule has 0 aromatic carbocycles. The summed E-state index contributed by atoms with van der Waals surface area (Å²) in [5.41, 5.74) is 2.35. The number of carbonyl (C=O) groups excluding carboxylic acids is 1. The van der Waals surface area contributed by atoms with Crippen LogP contribution in [0, 0.1) is 5.41 Å². The highest BCUT2D eigenvalue weighted by molar-refractivity contribution is 5.98. The van der Waals surface area contributed by atoms with Gasteiger partial charge in [0, 0.05) is 36.5 Å². The van der Waals surface area contributed by atoms with Crippen molar-refractivity contribution in [3.8, 4) is 0 Å². The van der Waals surface area contributed by atoms with Crippen LogP contribution in [0.25, 0.3) is 0 Å². The summed E-state index contributed by atoms with van der Waals surface area (Å²) in [5.74, 6) is 0.324. The average Bonchev–Trinajstić information content (AvgIpc) is 2.87. The first-order chi connectivity index (χ1) is 8.96. The fourth-order valence-corrected chi connectivity index (χ4v) is 3.61. The lowest BCUT2D eigenvalue weighted by Crippen LogP contribution is -2.32. The molecule has 0 radical (unpaired) electrons. The van der Waals surface area contributed by atoms with E-state index >= 15 is 0 Å². The summed E-state index contributed by atoms with van der Waals surface area (Å²) in [7, 11) is 2.21. The molecule has 0 amide bonds. The molecule has 3 rings (SSSR count). The number of rotatable bonds is 2. The van der Waals surface area contributed by atoms with E-state index in [1.54, 1.807) is 0 Å². The maximum atomic E-state index is 12.2. The van der Waals surface area contributed by atoms with Gasteiger partial charge >= 0.3 is 0 Å². The molecule has 1 unspecified atom stereocenters. The van der Waals surface area contributed by atoms with Crippen LogP contribution < -0.4 is 0 Å². The fraction of sp³-hybridized carbons (Fsp3) is 0.688. The topological polar surface area (TPSA) is 25.2 Å². The van der Waals surface area contributed by atoms with E-state index in [1.165, 1.54) is 25.1 Å². The Hall–Kier alpha value is -1.09. The molecule has 104 valence electrons. The van der Waals surface area contributed by atoms with E-state index in [0.29, 0.717) is 18.2 Å². The monoisotopic (exact) mass is 260 g/mol. The van der Waals surface area contributed by atoms with Crippen LogP contribution in [0.3, 0.4) is 0 Å². The number of hydrogen-bond donors (Lipinski definition) is 0. The molecule has 0 bridgehead atoms. The second kappa shape index (κ2) is 4.48. The summed E-state index contributed by atoms with van der Waals surface area (Å²) in [5, 5.41) is 0. The highest BCUT2D eigenvalue weighted by atomic mass is 16.1. The van der Waals surface area contributed by atoms with Gasteiger partial charge in [-0.15, -0.1) is 0 Å². The molecule has 0 spiro atoms. The molecule has 0 saturated carbocycles. The van der Waals surface area contributed by atoms with Gasteiger partial charge in [0.15, 0.2) is 5.78 Å². The van der Waals surface area contributed by atoms with E-state index in [9.17, 15) is 4.79 Å². The van der Waals surface area contributed by atoms with Crippen LogP contribution in [0.15, 0.2) is 12.3 Å². The first kappa shape index (κ1) is 12.9. The van der Waals surface area contributed by atoms with Crippen molar-refractivity contribution in [1.82, 2.24) is 9.47 Å². The quantitative estimate of drug-likeness (QED) is 0.817. The van der Waals surface area contributed by atoms with E-state index in [1.807, 2.05) is 6.07 Å². The van der Waals surface area contributed by atoms with E-state index in [0.717, 1.165) is 18.5 Å². The number of nitrogens with zero attached hydrogens (tertiary/aromatic N) is 2. The van der Waals surface area contributed by atoms with Gasteiger partial charge in [-0.05, 0) is 44.3 Å². The van der Waals surface area contributed by atoms with Crippen molar-refractivity contribution in [1.29, 1.82) is 0 Å². The summed E-state index contributed by atoms with van der Waals surface area (Å²) >= 11 is 0. The number of fused-ring (bicyclic) bond motifs is 1. The van der Waals surface area contributed by atoms with E-state index in [4.69, 9.17) is 0 Å². The Morgan fingerprint density at radius 1 is 1.37 bits per heavy atom. The Kier molecular flexibility index (Phi) is 3.05. The number of aromatic nitrogens is 1. The summed E-state index contributed by atoms with van der Waals surface area (Å²) in [6, 6.07) is 2.67. The molecule has 1 fully saturated rings. The molecular weight excluding hydrogens is 236 g/mol. The summed E-state index contributed by atoms with van der Waals surface area (Å²) < 4.78 is 2.33. The maximum absolute atomic E-state index is 12.2. The van der Waals surface area contributed by atoms with Crippen molar-refractivity contribution >= 4 is 5.78 Å². The normalized spacial score (nSPS) is 26.7. The van der Waals surface area contributed by atoms with Gasteiger partial charge in [0.2, 0.25) is 0 Å². The molecule has 19 heavy (non-hydrogen) atoms. The first-order valence-electron chi connectivity index (χ1n) is 7.38. The van der Waals surface area contributed by atoms with Gasteiger partial charge in [0.05, 0.1) is 0 Å². The van der Waals surface area contributed by atoms with E-state index in [-0.39, 0.29) is 5.41 Å². The van der Waals surface area contributed by atoms with Gasteiger partial charge in [0.25, 0.3) is 0 Å². The number of likely N-dealkylation sites (tertiary alicyclic amines) is 1. The van der Waals surface area contributed by atoms with Gasteiger partial charge < -0.3 is 9.47 Å². The predicted molar refractivity (Wildman–Crippen MR) is 76.5 cm³/mol. The lowest BCUT2D eigenvalue weighted by atomic mass is 9.76. The standard InChI is InChI=1S/C16H24N2O/c1-16(2)9-14-13(15(19)10-16)6-8-18(14)11-12-5-4-7-17(12)3/h6,8,12H,4-5,7,9-11H2,1-3H3. The molecule has 1 aromatic heterocycles. The van der Waals surface area contributed by atoms with Crippen molar-refractivity contribution in [2.75, 3.05) is 13.6 Å². The highest BCUT2D eigenvalue weighted by Crippen LogP contribution is 2.35. The smallest absolute Gasteiger partial charge is 0.165 e. The van der Waals surface area contributed by atoms with Crippen LogP contribution >= 0.6 is 0 Å². The lowest BCUT2D eigenvalue weighted by molar-refractivity contribution is 0.0909. The van der Waals surface area contributed by atoms with Crippen LogP contribution in [0.2, 0.25) is 0 Å². The van der Waals surface area contributed by atoms with Crippen molar-refractivity contribution in [3.05, 3.63) is 23.5 Å². The third-order valence-corrected chi connectivity index (χ3v) is 4.74. The lowest BCUT2D eigenvalue weighted by Gasteiger charge is -2.30. The Balaban J connectivity index is 1.86. The molecule has 1 atom stereocenters. The van der Waals surface area contributed by atoms with Crippen molar-refractivity contribution < 1.29 is 4.79 Å². The molecule has 2 aliphatic rings. The Labute approximate surface area is 115 Å². The van der Waals surface area contributed by atoms with Crippen molar-refractivity contribution in [2.24, 2.45) is 5.41 Å². The highest BCUT2D eigenvalue weighted by Gasteiger charge is 2.33. The number of likely N-dealkylation sites (N-methyl/N-ethyl adjacent to an activating group) is 1. The Morgan fingerprint density at radius 2 is 2.16 bits per heavy atom. The first-order valence-corrected chi connectivity index (χ1v) is 7.38. The molecule has 1 aliphatic carbocycles. The molecule has 1 saturated heterocycles. The molecule has 2 heterocycles. The second-order valence-corrected chi connectivity index (χ2v) is 7.05. The molecule has 1 aromatic rings. The number of ketones is 1. The third-order valence-electron chi connectivity index (χ3n) is 4.74. The van der Waals surface area contributed by atoms with Crippen molar-refractivity contribution in [2.45, 2.75) is 52.1 Å². The second-order valence-electron chi connectivity index (χ2n) is 7.05. The van der Waals surface area contributed by atoms with E-state index < -0.39 is 0 Å². The Bertz CT molecular complexity index is 501. The molecule has 0 N–H and O–H groups in total. The SMILES string of the molecule is CN1CCCC1Cn1ccc2c1CC(C)(C)CC2=O. The van der Waals surface area contributed by atoms with E-state index in [2.05, 4.69) is 36.6 Å². The minimum absolute atomic E-state index is 0.113. The zero-order chi connectivity index (χ0) is 13.6. The van der Waals surface area contributed by atoms with Gasteiger partial charge in [-0.2, -0.15) is 0 Å². The van der Waals surface area contributed by atoms with Crippen LogP contribution in [0.5, 0.6) is 0 Å². The van der Waals surface area contributed by atoms with Crippen LogP contribution in [-0.2, 0) is 13.0 Å². The van der Waals surface area contributed by atoms with Gasteiger partial charge in [0.1, 0.15) is 0 Å². The molecule has 1 aliphatic heterocycles. The third kappa shape index (κ3) is 2.36. The summed E-state index contributed by atoms with van der Waals surface area (Å²) in [6.45, 7) is 6.65. The van der Waals surface area contributed by atoms with Gasteiger partial charge in [-0.25, -0.2) is 0 Å². The van der Waals surface area contributed by atoms with Gasteiger partial charge in [-0.3, -0.25) is 4.79 Å². The minimum atomic E-state index is 0.113. The number of carbonyl (C=O) groups is 1. The molecule has 3 heteroatoms. The predicted octanol–water partition coefficient (Wildman–Crippen LogP) is 2.74. The molecular formula is C16H24N2O. The van der Waals surface area contributed by atoms with Crippen LogP contribution in [-0.4, -0.2) is 34.9 Å². The number of hydrogen-bond acceptors (Lipinski definition) is 2. The Morgan fingerprint density at radius 3 is 2.84 bits per heavy atom. The minimum Gasteiger partial charge on any atom is -0.349 e. The largest absolute Gasteiger partial charge is 0.349 e. The zero-order valence-electron chi connectivity index (χ0n) is 12.3. The zero-order valence-corrected chi connectivity index (χ0v) is 12.3. The van der Waals surface area contributed by atoms with Gasteiger partial charge in [-0.1, -0.05) is 13.8 Å². The number of Topliss-reactive ketones (excluding diaryl/α,β-unsaturated/α-hetero) is 1.